The predicted octanol–water partition coefficient (Wildman–Crippen LogP) is 0.837. The number of hydrogen-bond acceptors (Lipinski definition) is 3. The van der Waals surface area contributed by atoms with Crippen molar-refractivity contribution < 1.29 is 4.74 Å². The van der Waals surface area contributed by atoms with Gasteiger partial charge in [0, 0.05) is 0 Å². The maximum Gasteiger partial charge on any atom is 0.107 e. The van der Waals surface area contributed by atoms with Crippen LogP contribution in [0.15, 0.2) is 30.3 Å². The third-order valence-corrected chi connectivity index (χ3v) is 1.76. The Morgan fingerprint density at radius 3 is 2.54 bits per heavy atom. The molecule has 0 radical (unpaired) electrons. The summed E-state index contributed by atoms with van der Waals surface area (Å²) in [5.41, 5.74) is 12.1. The van der Waals surface area contributed by atoms with Crippen LogP contribution in [0.3, 0.4) is 0 Å². The highest BCUT2D eigenvalue weighted by Crippen LogP contribution is 2.02. The minimum absolute atomic E-state index is 0.245. The summed E-state index contributed by atoms with van der Waals surface area (Å²) < 4.78 is 5.37. The third kappa shape index (κ3) is 4.03. The van der Waals surface area contributed by atoms with Crippen molar-refractivity contribution in [1.82, 2.24) is 0 Å². The monoisotopic (exact) mass is 180 g/mol. The average Bonchev–Trinajstić information content (AvgIpc) is 2.17. The van der Waals surface area contributed by atoms with Gasteiger partial charge >= 0.3 is 0 Å². The molecule has 4 N–H and O–H groups in total. The highest BCUT2D eigenvalue weighted by molar-refractivity contribution is 5.13. The van der Waals surface area contributed by atoms with Crippen LogP contribution in [0.1, 0.15) is 12.0 Å². The second-order valence-electron chi connectivity index (χ2n) is 2.91. The van der Waals surface area contributed by atoms with Crippen molar-refractivity contribution in [1.29, 1.82) is 0 Å². The summed E-state index contributed by atoms with van der Waals surface area (Å²) >= 11 is 0. The van der Waals surface area contributed by atoms with Crippen molar-refractivity contribution in [3.8, 4) is 0 Å². The molecule has 1 aromatic rings. The lowest BCUT2D eigenvalue weighted by molar-refractivity contribution is 0.0410. The van der Waals surface area contributed by atoms with E-state index in [9.17, 15) is 0 Å². The van der Waals surface area contributed by atoms with Gasteiger partial charge in [-0.2, -0.15) is 0 Å². The molecule has 0 saturated carbocycles. The zero-order valence-electron chi connectivity index (χ0n) is 7.65. The molecule has 0 fully saturated rings. The highest BCUT2D eigenvalue weighted by atomic mass is 16.5. The first-order chi connectivity index (χ1) is 6.33. The summed E-state index contributed by atoms with van der Waals surface area (Å²) in [5, 5.41) is 0. The zero-order chi connectivity index (χ0) is 9.52. The van der Waals surface area contributed by atoms with E-state index in [2.05, 4.69) is 0 Å². The predicted molar refractivity (Wildman–Crippen MR) is 52.9 cm³/mol. The first-order valence-electron chi connectivity index (χ1n) is 4.44. The van der Waals surface area contributed by atoms with E-state index in [1.54, 1.807) is 0 Å². The second kappa shape index (κ2) is 5.70. The lowest BCUT2D eigenvalue weighted by atomic mass is 10.2. The van der Waals surface area contributed by atoms with E-state index >= 15 is 0 Å². The van der Waals surface area contributed by atoms with Gasteiger partial charge in [-0.1, -0.05) is 30.3 Å². The molecule has 0 aliphatic heterocycles. The molecule has 1 atom stereocenters. The molecule has 0 aromatic heterocycles. The Bertz CT molecular complexity index is 226. The van der Waals surface area contributed by atoms with Crippen LogP contribution >= 0.6 is 0 Å². The first-order valence-corrected chi connectivity index (χ1v) is 4.44. The van der Waals surface area contributed by atoms with Crippen molar-refractivity contribution in [2.24, 2.45) is 11.5 Å². The van der Waals surface area contributed by atoms with Crippen molar-refractivity contribution in [3.05, 3.63) is 35.9 Å². The van der Waals surface area contributed by atoms with Crippen LogP contribution in [0.25, 0.3) is 0 Å². The highest BCUT2D eigenvalue weighted by Gasteiger charge is 2.00. The van der Waals surface area contributed by atoms with Gasteiger partial charge in [0.1, 0.15) is 6.23 Å². The van der Waals surface area contributed by atoms with Gasteiger partial charge < -0.3 is 16.2 Å². The number of ether oxygens (including phenoxy) is 1. The fourth-order valence-electron chi connectivity index (χ4n) is 1.03. The number of rotatable bonds is 5. The zero-order valence-corrected chi connectivity index (χ0v) is 7.65. The lowest BCUT2D eigenvalue weighted by Gasteiger charge is -2.11. The molecule has 13 heavy (non-hydrogen) atoms. The van der Waals surface area contributed by atoms with E-state index in [0.717, 1.165) is 5.56 Å². The van der Waals surface area contributed by atoms with Gasteiger partial charge in [0.25, 0.3) is 0 Å². The summed E-state index contributed by atoms with van der Waals surface area (Å²) in [6.45, 7) is 1.12. The van der Waals surface area contributed by atoms with E-state index in [0.29, 0.717) is 19.6 Å². The molecular weight excluding hydrogens is 164 g/mol. The number of nitrogens with two attached hydrogens (primary N) is 2. The molecule has 1 aromatic carbocycles. The van der Waals surface area contributed by atoms with Crippen LogP contribution in [0.2, 0.25) is 0 Å². The van der Waals surface area contributed by atoms with E-state index in [-0.39, 0.29) is 6.23 Å². The van der Waals surface area contributed by atoms with E-state index in [1.165, 1.54) is 0 Å². The smallest absolute Gasteiger partial charge is 0.107 e. The van der Waals surface area contributed by atoms with Crippen molar-refractivity contribution in [2.45, 2.75) is 19.3 Å². The van der Waals surface area contributed by atoms with Crippen LogP contribution in [0.5, 0.6) is 0 Å². The maximum atomic E-state index is 5.63. The van der Waals surface area contributed by atoms with Crippen LogP contribution in [0.4, 0.5) is 0 Å². The molecule has 3 heteroatoms. The van der Waals surface area contributed by atoms with Gasteiger partial charge in [0.05, 0.1) is 6.61 Å². The number of benzene rings is 1. The van der Waals surface area contributed by atoms with Gasteiger partial charge in [0.15, 0.2) is 0 Å². The average molecular weight is 180 g/mol. The molecule has 0 spiro atoms. The molecule has 0 aliphatic rings. The molecule has 0 amide bonds. The Kier molecular flexibility index (Phi) is 4.46. The normalized spacial score (nSPS) is 12.8. The SMILES string of the molecule is NCCC(N)OCc1ccccc1. The summed E-state index contributed by atoms with van der Waals surface area (Å²) in [6, 6.07) is 9.95. The first kappa shape index (κ1) is 10.2. The topological polar surface area (TPSA) is 61.3 Å². The molecule has 0 heterocycles. The van der Waals surface area contributed by atoms with Gasteiger partial charge in [-0.3, -0.25) is 0 Å². The fourth-order valence-corrected chi connectivity index (χ4v) is 1.03. The standard InChI is InChI=1S/C10H16N2O/c11-7-6-10(12)13-8-9-4-2-1-3-5-9/h1-5,10H,6-8,11-12H2. The van der Waals surface area contributed by atoms with Gasteiger partial charge in [-0.05, 0) is 18.5 Å². The number of hydrogen-bond donors (Lipinski definition) is 2. The molecule has 1 unspecified atom stereocenters. The van der Waals surface area contributed by atoms with Gasteiger partial charge in [-0.15, -0.1) is 0 Å². The van der Waals surface area contributed by atoms with Crippen molar-refractivity contribution in [3.63, 3.8) is 0 Å². The Hall–Kier alpha value is -0.900. The quantitative estimate of drug-likeness (QED) is 0.660. The van der Waals surface area contributed by atoms with Crippen LogP contribution in [-0.4, -0.2) is 12.8 Å². The lowest BCUT2D eigenvalue weighted by Crippen LogP contribution is -2.26. The van der Waals surface area contributed by atoms with Gasteiger partial charge in [0.2, 0.25) is 0 Å². The molecule has 0 aliphatic carbocycles. The Balaban J connectivity index is 2.27. The largest absolute Gasteiger partial charge is 0.359 e. The maximum absolute atomic E-state index is 5.63. The summed E-state index contributed by atoms with van der Waals surface area (Å²) in [7, 11) is 0. The fraction of sp³-hybridized carbons (Fsp3) is 0.400. The molecule has 3 nitrogen and oxygen atoms in total. The van der Waals surface area contributed by atoms with Crippen molar-refractivity contribution in [2.75, 3.05) is 6.54 Å². The van der Waals surface area contributed by atoms with Crippen LogP contribution in [-0.2, 0) is 11.3 Å². The van der Waals surface area contributed by atoms with E-state index in [4.69, 9.17) is 16.2 Å². The second-order valence-corrected chi connectivity index (χ2v) is 2.91. The molecule has 1 rings (SSSR count). The molecule has 0 saturated heterocycles. The minimum Gasteiger partial charge on any atom is -0.359 e. The van der Waals surface area contributed by atoms with Crippen LogP contribution in [0, 0.1) is 0 Å². The Labute approximate surface area is 78.7 Å². The Morgan fingerprint density at radius 1 is 1.23 bits per heavy atom. The third-order valence-electron chi connectivity index (χ3n) is 1.76. The van der Waals surface area contributed by atoms with Gasteiger partial charge in [-0.25, -0.2) is 0 Å². The summed E-state index contributed by atoms with van der Waals surface area (Å²) in [4.78, 5) is 0. The summed E-state index contributed by atoms with van der Waals surface area (Å²) in [5.74, 6) is 0. The van der Waals surface area contributed by atoms with E-state index < -0.39 is 0 Å². The van der Waals surface area contributed by atoms with Crippen LogP contribution < -0.4 is 11.5 Å². The Morgan fingerprint density at radius 2 is 1.92 bits per heavy atom. The molecule has 0 bridgehead atoms. The molecular formula is C10H16N2O. The minimum atomic E-state index is -0.245. The van der Waals surface area contributed by atoms with E-state index in [1.807, 2.05) is 30.3 Å². The van der Waals surface area contributed by atoms with Crippen molar-refractivity contribution >= 4 is 0 Å². The summed E-state index contributed by atoms with van der Waals surface area (Å²) in [6.07, 6.45) is 0.456. The molecule has 72 valence electrons.